The van der Waals surface area contributed by atoms with Crippen molar-refractivity contribution in [3.63, 3.8) is 0 Å². The van der Waals surface area contributed by atoms with Crippen LogP contribution in [0.25, 0.3) is 11.0 Å². The molecule has 0 fully saturated rings. The minimum atomic E-state index is -0.0637. The number of nitrogens with zero attached hydrogens (tertiary/aromatic N) is 1. The van der Waals surface area contributed by atoms with Crippen molar-refractivity contribution in [1.29, 1.82) is 0 Å². The quantitative estimate of drug-likeness (QED) is 0.709. The van der Waals surface area contributed by atoms with Crippen LogP contribution in [0.1, 0.15) is 13.8 Å². The van der Waals surface area contributed by atoms with Crippen LogP contribution in [-0.2, 0) is 11.8 Å². The molecule has 15 heavy (non-hydrogen) atoms. The Morgan fingerprint density at radius 2 is 1.80 bits per heavy atom. The normalized spacial score (nSPS) is 9.53. The van der Waals surface area contributed by atoms with Crippen LogP contribution in [0.2, 0.25) is 0 Å². The van der Waals surface area contributed by atoms with Gasteiger partial charge < -0.3 is 9.78 Å². The Kier molecular flexibility index (Phi) is 3.44. The second-order valence-corrected chi connectivity index (χ2v) is 3.41. The SMILES string of the molecule is CC(C)=O.Cn1c(=O)[nH]c2ccccc21. The summed E-state index contributed by atoms with van der Waals surface area (Å²) in [6.45, 7) is 3.06. The molecule has 1 N–H and O–H groups in total. The maximum Gasteiger partial charge on any atom is 0.326 e. The average molecular weight is 206 g/mol. The number of hydrogen-bond donors (Lipinski definition) is 1. The molecule has 4 nitrogen and oxygen atoms in total. The molecular formula is C11H14N2O2. The molecular weight excluding hydrogens is 192 g/mol. The minimum Gasteiger partial charge on any atom is -0.306 e. The Balaban J connectivity index is 0.000000245. The van der Waals surface area contributed by atoms with Crippen LogP contribution in [0.4, 0.5) is 0 Å². The molecule has 2 aromatic rings. The predicted molar refractivity (Wildman–Crippen MR) is 59.9 cm³/mol. The Labute approximate surface area is 87.5 Å². The van der Waals surface area contributed by atoms with Gasteiger partial charge in [-0.25, -0.2) is 4.79 Å². The number of rotatable bonds is 0. The van der Waals surface area contributed by atoms with Crippen LogP contribution in [-0.4, -0.2) is 15.3 Å². The fraction of sp³-hybridized carbons (Fsp3) is 0.273. The lowest BCUT2D eigenvalue weighted by Crippen LogP contribution is -2.11. The highest BCUT2D eigenvalue weighted by Crippen LogP contribution is 2.06. The van der Waals surface area contributed by atoms with Gasteiger partial charge in [-0.3, -0.25) is 4.57 Å². The van der Waals surface area contributed by atoms with Gasteiger partial charge in [0.2, 0.25) is 0 Å². The number of benzene rings is 1. The summed E-state index contributed by atoms with van der Waals surface area (Å²) < 4.78 is 1.59. The van der Waals surface area contributed by atoms with Gasteiger partial charge >= 0.3 is 5.69 Å². The van der Waals surface area contributed by atoms with Gasteiger partial charge in [0.05, 0.1) is 11.0 Å². The lowest BCUT2D eigenvalue weighted by atomic mass is 10.3. The molecule has 0 amide bonds. The van der Waals surface area contributed by atoms with E-state index in [4.69, 9.17) is 0 Å². The molecule has 0 spiro atoms. The van der Waals surface area contributed by atoms with Gasteiger partial charge in [0.25, 0.3) is 0 Å². The highest BCUT2D eigenvalue weighted by molar-refractivity contribution is 5.74. The number of carbonyl (C=O) groups excluding carboxylic acids is 1. The topological polar surface area (TPSA) is 54.9 Å². The highest BCUT2D eigenvalue weighted by Gasteiger charge is 1.98. The summed E-state index contributed by atoms with van der Waals surface area (Å²) in [6, 6.07) is 7.61. The van der Waals surface area contributed by atoms with Crippen LogP contribution in [0, 0.1) is 0 Å². The van der Waals surface area contributed by atoms with Crippen molar-refractivity contribution in [3.05, 3.63) is 34.7 Å². The summed E-state index contributed by atoms with van der Waals surface area (Å²) in [5.74, 6) is 0.167. The van der Waals surface area contributed by atoms with E-state index in [1.54, 1.807) is 11.6 Å². The number of hydrogen-bond acceptors (Lipinski definition) is 2. The monoisotopic (exact) mass is 206 g/mol. The van der Waals surface area contributed by atoms with E-state index in [2.05, 4.69) is 4.98 Å². The molecule has 0 saturated heterocycles. The first-order valence-corrected chi connectivity index (χ1v) is 4.63. The number of ketones is 1. The van der Waals surface area contributed by atoms with Crippen LogP contribution in [0.3, 0.4) is 0 Å². The molecule has 0 aliphatic rings. The van der Waals surface area contributed by atoms with Gasteiger partial charge in [0.1, 0.15) is 5.78 Å². The van der Waals surface area contributed by atoms with Gasteiger partial charge in [-0.1, -0.05) is 12.1 Å². The molecule has 0 atom stereocenters. The van der Waals surface area contributed by atoms with Crippen molar-refractivity contribution >= 4 is 16.8 Å². The van der Waals surface area contributed by atoms with Gasteiger partial charge in [-0.15, -0.1) is 0 Å². The van der Waals surface area contributed by atoms with Crippen molar-refractivity contribution in [3.8, 4) is 0 Å². The minimum absolute atomic E-state index is 0.0637. The molecule has 0 radical (unpaired) electrons. The van der Waals surface area contributed by atoms with Gasteiger partial charge in [-0.05, 0) is 26.0 Å². The number of para-hydroxylation sites is 2. The molecule has 1 aromatic heterocycles. The maximum atomic E-state index is 11.0. The van der Waals surface area contributed by atoms with Crippen molar-refractivity contribution < 1.29 is 4.79 Å². The van der Waals surface area contributed by atoms with E-state index in [1.807, 2.05) is 24.3 Å². The second kappa shape index (κ2) is 4.59. The third kappa shape index (κ3) is 2.80. The Morgan fingerprint density at radius 3 is 2.33 bits per heavy atom. The van der Waals surface area contributed by atoms with E-state index in [0.717, 1.165) is 11.0 Å². The fourth-order valence-corrected chi connectivity index (χ4v) is 1.18. The zero-order chi connectivity index (χ0) is 11.4. The van der Waals surface area contributed by atoms with Gasteiger partial charge in [0.15, 0.2) is 0 Å². The van der Waals surface area contributed by atoms with E-state index < -0.39 is 0 Å². The molecule has 4 heteroatoms. The number of H-pyrrole nitrogens is 1. The second-order valence-electron chi connectivity index (χ2n) is 3.41. The number of fused-ring (bicyclic) bond motifs is 1. The van der Waals surface area contributed by atoms with E-state index in [-0.39, 0.29) is 11.5 Å². The third-order valence-corrected chi connectivity index (χ3v) is 1.81. The Hall–Kier alpha value is -1.84. The molecule has 2 rings (SSSR count). The van der Waals surface area contributed by atoms with Crippen molar-refractivity contribution in [1.82, 2.24) is 9.55 Å². The molecule has 0 bridgehead atoms. The smallest absolute Gasteiger partial charge is 0.306 e. The molecule has 1 aromatic carbocycles. The number of carbonyl (C=O) groups is 1. The Bertz CT molecular complexity index is 519. The standard InChI is InChI=1S/C8H8N2O.C3H6O/c1-10-7-5-3-2-4-6(7)9-8(10)11;1-3(2)4/h2-5H,1H3,(H,9,11);1-2H3. The van der Waals surface area contributed by atoms with E-state index in [1.165, 1.54) is 13.8 Å². The first-order chi connectivity index (χ1) is 7.02. The largest absolute Gasteiger partial charge is 0.326 e. The van der Waals surface area contributed by atoms with Gasteiger partial charge in [-0.2, -0.15) is 0 Å². The molecule has 1 heterocycles. The summed E-state index contributed by atoms with van der Waals surface area (Å²) in [7, 11) is 1.75. The summed E-state index contributed by atoms with van der Waals surface area (Å²) in [5.41, 5.74) is 1.77. The molecule has 0 saturated carbocycles. The highest BCUT2D eigenvalue weighted by atomic mass is 16.1. The first kappa shape index (κ1) is 11.2. The number of imidazole rings is 1. The number of aryl methyl sites for hydroxylation is 1. The van der Waals surface area contributed by atoms with Crippen LogP contribution >= 0.6 is 0 Å². The van der Waals surface area contributed by atoms with Crippen LogP contribution in [0.15, 0.2) is 29.1 Å². The van der Waals surface area contributed by atoms with Crippen LogP contribution < -0.4 is 5.69 Å². The average Bonchev–Trinajstić information content (AvgIpc) is 2.43. The van der Waals surface area contributed by atoms with Crippen molar-refractivity contribution in [2.45, 2.75) is 13.8 Å². The summed E-state index contributed by atoms with van der Waals surface area (Å²) in [6.07, 6.45) is 0. The third-order valence-electron chi connectivity index (χ3n) is 1.81. The predicted octanol–water partition coefficient (Wildman–Crippen LogP) is 1.46. The van der Waals surface area contributed by atoms with Crippen molar-refractivity contribution in [2.75, 3.05) is 0 Å². The fourth-order valence-electron chi connectivity index (χ4n) is 1.18. The van der Waals surface area contributed by atoms with Crippen molar-refractivity contribution in [2.24, 2.45) is 7.05 Å². The zero-order valence-corrected chi connectivity index (χ0v) is 9.07. The maximum absolute atomic E-state index is 11.0. The first-order valence-electron chi connectivity index (χ1n) is 4.63. The number of Topliss-reactive ketones (excluding diaryl/α,β-unsaturated/α-hetero) is 1. The zero-order valence-electron chi connectivity index (χ0n) is 9.07. The number of aromatic nitrogens is 2. The number of nitrogens with one attached hydrogen (secondary N) is 1. The lowest BCUT2D eigenvalue weighted by Gasteiger charge is -1.89. The van der Waals surface area contributed by atoms with E-state index >= 15 is 0 Å². The van der Waals surface area contributed by atoms with Crippen LogP contribution in [0.5, 0.6) is 0 Å². The number of aromatic amines is 1. The van der Waals surface area contributed by atoms with E-state index in [9.17, 15) is 9.59 Å². The summed E-state index contributed by atoms with van der Waals surface area (Å²) >= 11 is 0. The Morgan fingerprint density at radius 1 is 1.27 bits per heavy atom. The lowest BCUT2D eigenvalue weighted by molar-refractivity contribution is -0.114. The van der Waals surface area contributed by atoms with Gasteiger partial charge in [0, 0.05) is 7.05 Å². The summed E-state index contributed by atoms with van der Waals surface area (Å²) in [4.78, 5) is 23.2. The molecule has 80 valence electrons. The molecule has 0 aliphatic carbocycles. The molecule has 0 unspecified atom stereocenters. The molecule has 0 aliphatic heterocycles. The van der Waals surface area contributed by atoms with E-state index in [0.29, 0.717) is 0 Å². The summed E-state index contributed by atoms with van der Waals surface area (Å²) in [5, 5.41) is 0.